The topological polar surface area (TPSA) is 61.4 Å². The van der Waals surface area contributed by atoms with E-state index in [4.69, 9.17) is 0 Å². The van der Waals surface area contributed by atoms with Crippen molar-refractivity contribution in [3.05, 3.63) is 0 Å². The number of hydrogen-bond donors (Lipinski definition) is 2. The second-order valence-corrected chi connectivity index (χ2v) is 4.95. The van der Waals surface area contributed by atoms with Crippen LogP contribution >= 0.6 is 0 Å². The molecule has 2 N–H and O–H groups in total. The van der Waals surface area contributed by atoms with Gasteiger partial charge in [-0.1, -0.05) is 6.42 Å². The highest BCUT2D eigenvalue weighted by atomic mass is 16.2. The van der Waals surface area contributed by atoms with E-state index in [-0.39, 0.29) is 18.4 Å². The van der Waals surface area contributed by atoms with Gasteiger partial charge in [0.25, 0.3) is 0 Å². The van der Waals surface area contributed by atoms with Crippen LogP contribution in [0.25, 0.3) is 0 Å². The Morgan fingerprint density at radius 3 is 2.88 bits per heavy atom. The van der Waals surface area contributed by atoms with Crippen LogP contribution in [0.15, 0.2) is 0 Å². The molecular formula is C12H21N3O2. The Morgan fingerprint density at radius 2 is 2.18 bits per heavy atom. The van der Waals surface area contributed by atoms with E-state index in [2.05, 4.69) is 10.6 Å². The lowest BCUT2D eigenvalue weighted by molar-refractivity contribution is -0.135. The van der Waals surface area contributed by atoms with Crippen LogP contribution in [0, 0.1) is 5.92 Å². The molecule has 2 saturated heterocycles. The van der Waals surface area contributed by atoms with Gasteiger partial charge in [-0.2, -0.15) is 0 Å². The monoisotopic (exact) mass is 239 g/mol. The molecule has 0 aliphatic carbocycles. The van der Waals surface area contributed by atoms with Crippen molar-refractivity contribution in [1.29, 1.82) is 0 Å². The molecule has 0 aromatic carbocycles. The SMILES string of the molecule is O=C(CN1CCCCCC1=O)NCC1CNC1. The number of rotatable bonds is 4. The van der Waals surface area contributed by atoms with Crippen molar-refractivity contribution >= 4 is 11.8 Å². The van der Waals surface area contributed by atoms with Crippen molar-refractivity contribution in [1.82, 2.24) is 15.5 Å². The first-order chi connectivity index (χ1) is 8.25. The maximum Gasteiger partial charge on any atom is 0.239 e. The molecule has 0 bridgehead atoms. The third-order valence-electron chi connectivity index (χ3n) is 3.46. The van der Waals surface area contributed by atoms with Gasteiger partial charge < -0.3 is 15.5 Å². The van der Waals surface area contributed by atoms with Gasteiger partial charge >= 0.3 is 0 Å². The van der Waals surface area contributed by atoms with Gasteiger partial charge in [-0.3, -0.25) is 9.59 Å². The summed E-state index contributed by atoms with van der Waals surface area (Å²) in [5.41, 5.74) is 0. The molecule has 2 aliphatic rings. The van der Waals surface area contributed by atoms with E-state index in [1.807, 2.05) is 0 Å². The fourth-order valence-corrected chi connectivity index (χ4v) is 2.19. The van der Waals surface area contributed by atoms with Gasteiger partial charge in [-0.15, -0.1) is 0 Å². The van der Waals surface area contributed by atoms with Crippen molar-refractivity contribution in [2.24, 2.45) is 5.92 Å². The van der Waals surface area contributed by atoms with Crippen molar-refractivity contribution in [3.63, 3.8) is 0 Å². The minimum Gasteiger partial charge on any atom is -0.354 e. The number of likely N-dealkylation sites (tertiary alicyclic amines) is 1. The van der Waals surface area contributed by atoms with Crippen LogP contribution in [0.3, 0.4) is 0 Å². The second kappa shape index (κ2) is 6.00. The van der Waals surface area contributed by atoms with E-state index >= 15 is 0 Å². The summed E-state index contributed by atoms with van der Waals surface area (Å²) in [7, 11) is 0. The first-order valence-corrected chi connectivity index (χ1v) is 6.51. The van der Waals surface area contributed by atoms with E-state index < -0.39 is 0 Å². The average molecular weight is 239 g/mol. The molecule has 2 amide bonds. The zero-order valence-corrected chi connectivity index (χ0v) is 10.2. The summed E-state index contributed by atoms with van der Waals surface area (Å²) >= 11 is 0. The predicted molar refractivity (Wildman–Crippen MR) is 64.4 cm³/mol. The lowest BCUT2D eigenvalue weighted by Crippen LogP contribution is -2.49. The molecular weight excluding hydrogens is 218 g/mol. The zero-order chi connectivity index (χ0) is 12.1. The van der Waals surface area contributed by atoms with Gasteiger partial charge in [0.1, 0.15) is 0 Å². The molecule has 2 rings (SSSR count). The van der Waals surface area contributed by atoms with Crippen molar-refractivity contribution in [3.8, 4) is 0 Å². The van der Waals surface area contributed by atoms with Gasteiger partial charge in [-0.05, 0) is 12.8 Å². The molecule has 0 atom stereocenters. The van der Waals surface area contributed by atoms with Crippen LogP contribution in [-0.2, 0) is 9.59 Å². The third kappa shape index (κ3) is 3.70. The smallest absolute Gasteiger partial charge is 0.239 e. The van der Waals surface area contributed by atoms with E-state index in [1.165, 1.54) is 0 Å². The summed E-state index contributed by atoms with van der Waals surface area (Å²) in [4.78, 5) is 25.1. The van der Waals surface area contributed by atoms with Gasteiger partial charge in [0.2, 0.25) is 11.8 Å². The Kier molecular flexibility index (Phi) is 4.36. The summed E-state index contributed by atoms with van der Waals surface area (Å²) in [5.74, 6) is 0.675. The summed E-state index contributed by atoms with van der Waals surface area (Å²) < 4.78 is 0. The average Bonchev–Trinajstić information content (AvgIpc) is 2.42. The maximum atomic E-state index is 11.7. The van der Waals surface area contributed by atoms with Crippen LogP contribution < -0.4 is 10.6 Å². The second-order valence-electron chi connectivity index (χ2n) is 4.95. The molecule has 96 valence electrons. The number of hydrogen-bond acceptors (Lipinski definition) is 3. The quantitative estimate of drug-likeness (QED) is 0.709. The Balaban J connectivity index is 1.70. The van der Waals surface area contributed by atoms with Crippen molar-refractivity contribution in [2.75, 3.05) is 32.7 Å². The molecule has 0 spiro atoms. The molecule has 0 saturated carbocycles. The summed E-state index contributed by atoms with van der Waals surface area (Å²) in [6.07, 6.45) is 3.67. The molecule has 2 heterocycles. The highest BCUT2D eigenvalue weighted by Gasteiger charge is 2.21. The summed E-state index contributed by atoms with van der Waals surface area (Å²) in [5, 5.41) is 6.07. The standard InChI is InChI=1S/C12H21N3O2/c16-11(14-8-10-6-13-7-10)9-15-5-3-1-2-4-12(15)17/h10,13H,1-9H2,(H,14,16). The van der Waals surface area contributed by atoms with Gasteiger partial charge in [0, 0.05) is 38.5 Å². The first-order valence-electron chi connectivity index (χ1n) is 6.51. The van der Waals surface area contributed by atoms with Gasteiger partial charge in [0.05, 0.1) is 6.54 Å². The Morgan fingerprint density at radius 1 is 1.35 bits per heavy atom. The molecule has 17 heavy (non-hydrogen) atoms. The third-order valence-corrected chi connectivity index (χ3v) is 3.46. The predicted octanol–water partition coefficient (Wildman–Crippen LogP) is -0.275. The highest BCUT2D eigenvalue weighted by molar-refractivity contribution is 5.84. The summed E-state index contributed by atoms with van der Waals surface area (Å²) in [6, 6.07) is 0. The van der Waals surface area contributed by atoms with E-state index in [0.717, 1.165) is 45.4 Å². The van der Waals surface area contributed by atoms with Crippen molar-refractivity contribution in [2.45, 2.75) is 25.7 Å². The maximum absolute atomic E-state index is 11.7. The Bertz CT molecular complexity index is 289. The number of carbonyl (C=O) groups is 2. The first kappa shape index (κ1) is 12.4. The molecule has 0 aromatic rings. The zero-order valence-electron chi connectivity index (χ0n) is 10.2. The molecule has 2 aliphatic heterocycles. The molecule has 0 unspecified atom stereocenters. The molecule has 0 radical (unpaired) electrons. The molecule has 5 heteroatoms. The fraction of sp³-hybridized carbons (Fsp3) is 0.833. The van der Waals surface area contributed by atoms with Crippen LogP contribution in [0.5, 0.6) is 0 Å². The number of nitrogens with one attached hydrogen (secondary N) is 2. The lowest BCUT2D eigenvalue weighted by Gasteiger charge is -2.27. The molecule has 5 nitrogen and oxygen atoms in total. The van der Waals surface area contributed by atoms with E-state index in [9.17, 15) is 9.59 Å². The van der Waals surface area contributed by atoms with Crippen LogP contribution in [-0.4, -0.2) is 49.4 Å². The Hall–Kier alpha value is -1.10. The van der Waals surface area contributed by atoms with Gasteiger partial charge in [-0.25, -0.2) is 0 Å². The summed E-state index contributed by atoms with van der Waals surface area (Å²) in [6.45, 7) is 3.68. The van der Waals surface area contributed by atoms with E-state index in [0.29, 0.717) is 12.3 Å². The van der Waals surface area contributed by atoms with Crippen LogP contribution in [0.4, 0.5) is 0 Å². The van der Waals surface area contributed by atoms with Crippen LogP contribution in [0.2, 0.25) is 0 Å². The van der Waals surface area contributed by atoms with Crippen LogP contribution in [0.1, 0.15) is 25.7 Å². The largest absolute Gasteiger partial charge is 0.354 e. The Labute approximate surface area is 102 Å². The number of carbonyl (C=O) groups excluding carboxylic acids is 2. The van der Waals surface area contributed by atoms with Gasteiger partial charge in [0.15, 0.2) is 0 Å². The fourth-order valence-electron chi connectivity index (χ4n) is 2.19. The number of amides is 2. The molecule has 2 fully saturated rings. The number of nitrogens with zero attached hydrogens (tertiary/aromatic N) is 1. The lowest BCUT2D eigenvalue weighted by atomic mass is 10.0. The minimum atomic E-state index is -0.0212. The minimum absolute atomic E-state index is 0.0212. The molecule has 0 aromatic heterocycles. The normalized spacial score (nSPS) is 21.9. The van der Waals surface area contributed by atoms with Crippen molar-refractivity contribution < 1.29 is 9.59 Å². The van der Waals surface area contributed by atoms with E-state index in [1.54, 1.807) is 4.90 Å². The highest BCUT2D eigenvalue weighted by Crippen LogP contribution is 2.10.